The second-order valence-electron chi connectivity index (χ2n) is 6.55. The Balaban J connectivity index is 1.45. The van der Waals surface area contributed by atoms with Crippen LogP contribution in [0.15, 0.2) is 54.7 Å². The van der Waals surface area contributed by atoms with Gasteiger partial charge in [-0.3, -0.25) is 14.9 Å². The zero-order chi connectivity index (χ0) is 19.5. The summed E-state index contributed by atoms with van der Waals surface area (Å²) in [5, 5.41) is 4.09. The van der Waals surface area contributed by atoms with Crippen molar-refractivity contribution in [3.63, 3.8) is 0 Å². The van der Waals surface area contributed by atoms with Gasteiger partial charge in [-0.05, 0) is 36.2 Å². The summed E-state index contributed by atoms with van der Waals surface area (Å²) >= 11 is 7.63. The molecule has 0 spiro atoms. The number of anilines is 2. The lowest BCUT2D eigenvalue weighted by Gasteiger charge is -2.16. The molecule has 0 atom stereocenters. The van der Waals surface area contributed by atoms with Crippen molar-refractivity contribution in [2.24, 2.45) is 0 Å². The Hall–Kier alpha value is -2.70. The number of hydrogen-bond acceptors (Lipinski definition) is 4. The van der Waals surface area contributed by atoms with Crippen molar-refractivity contribution in [2.75, 3.05) is 16.8 Å². The van der Waals surface area contributed by atoms with Crippen molar-refractivity contribution in [1.29, 1.82) is 0 Å². The average molecular weight is 412 g/mol. The number of nitrogens with zero attached hydrogens (tertiary/aromatic N) is 2. The van der Waals surface area contributed by atoms with Crippen molar-refractivity contribution in [3.05, 3.63) is 75.8 Å². The Morgan fingerprint density at radius 2 is 2.07 bits per heavy atom. The Kier molecular flexibility index (Phi) is 5.41. The second-order valence-corrected chi connectivity index (χ2v) is 8.08. The molecule has 1 aliphatic heterocycles. The maximum absolute atomic E-state index is 12.6. The van der Waals surface area contributed by atoms with E-state index in [1.54, 1.807) is 29.3 Å². The molecule has 1 aromatic heterocycles. The van der Waals surface area contributed by atoms with Gasteiger partial charge in [-0.2, -0.15) is 0 Å². The number of nitrogens with one attached hydrogen (secondary N) is 1. The minimum atomic E-state index is -0.243. The molecule has 0 saturated carbocycles. The fourth-order valence-corrected chi connectivity index (χ4v) is 4.22. The largest absolute Gasteiger partial charge is 0.312 e. The summed E-state index contributed by atoms with van der Waals surface area (Å²) in [6.45, 7) is 0.696. The fraction of sp³-hybridized carbons (Fsp3) is 0.190. The molecular weight excluding hydrogens is 394 g/mol. The second kappa shape index (κ2) is 8.12. The first kappa shape index (κ1) is 18.7. The molecule has 1 aliphatic rings. The third-order valence-electron chi connectivity index (χ3n) is 4.59. The molecule has 3 aromatic rings. The van der Waals surface area contributed by atoms with Crippen molar-refractivity contribution in [2.45, 2.75) is 19.3 Å². The molecule has 2 aromatic carbocycles. The lowest BCUT2D eigenvalue weighted by Crippen LogP contribution is -2.24. The van der Waals surface area contributed by atoms with Gasteiger partial charge in [0.2, 0.25) is 5.91 Å². The molecule has 0 bridgehead atoms. The molecule has 0 unspecified atom stereocenters. The summed E-state index contributed by atoms with van der Waals surface area (Å²) < 4.78 is 0. The highest BCUT2D eigenvalue weighted by molar-refractivity contribution is 7.15. The van der Waals surface area contributed by atoms with Crippen molar-refractivity contribution < 1.29 is 9.59 Å². The molecule has 2 amide bonds. The van der Waals surface area contributed by atoms with Crippen LogP contribution in [0.4, 0.5) is 10.8 Å². The first-order valence-corrected chi connectivity index (χ1v) is 10.2. The highest BCUT2D eigenvalue weighted by Crippen LogP contribution is 2.26. The van der Waals surface area contributed by atoms with E-state index in [0.29, 0.717) is 30.1 Å². The van der Waals surface area contributed by atoms with E-state index in [1.807, 2.05) is 30.3 Å². The van der Waals surface area contributed by atoms with Crippen molar-refractivity contribution in [1.82, 2.24) is 4.98 Å². The van der Waals surface area contributed by atoms with Crippen LogP contribution in [0.3, 0.4) is 0 Å². The van der Waals surface area contributed by atoms with E-state index in [9.17, 15) is 9.59 Å². The predicted molar refractivity (Wildman–Crippen MR) is 112 cm³/mol. The standard InChI is InChI=1S/C21H18ClN3O2S/c22-18-8-2-1-5-14(18)12-17-13-23-21(28-17)24-20(27)15-6-3-7-16(11-15)25-10-4-9-19(25)26/h1-3,5-8,11,13H,4,9-10,12H2,(H,23,24,27). The average Bonchev–Trinajstić information content (AvgIpc) is 3.32. The smallest absolute Gasteiger partial charge is 0.257 e. The molecule has 1 fully saturated rings. The van der Waals surface area contributed by atoms with E-state index in [-0.39, 0.29) is 11.8 Å². The minimum absolute atomic E-state index is 0.0988. The van der Waals surface area contributed by atoms with Crippen LogP contribution in [0.1, 0.15) is 33.6 Å². The van der Waals surface area contributed by atoms with Crippen LogP contribution in [0.5, 0.6) is 0 Å². The summed E-state index contributed by atoms with van der Waals surface area (Å²) in [5.41, 5.74) is 2.28. The number of amides is 2. The predicted octanol–water partition coefficient (Wildman–Crippen LogP) is 4.77. The van der Waals surface area contributed by atoms with Crippen LogP contribution < -0.4 is 10.2 Å². The molecule has 1 N–H and O–H groups in total. The molecule has 1 saturated heterocycles. The van der Waals surface area contributed by atoms with Crippen LogP contribution in [-0.2, 0) is 11.2 Å². The molecule has 4 rings (SSSR count). The van der Waals surface area contributed by atoms with Gasteiger partial charge in [0.25, 0.3) is 5.91 Å². The molecule has 142 valence electrons. The number of aromatic nitrogens is 1. The van der Waals surface area contributed by atoms with Crippen LogP contribution in [0.2, 0.25) is 5.02 Å². The van der Waals surface area contributed by atoms with E-state index in [4.69, 9.17) is 11.6 Å². The number of hydrogen-bond donors (Lipinski definition) is 1. The van der Waals surface area contributed by atoms with E-state index < -0.39 is 0 Å². The number of rotatable bonds is 5. The maximum atomic E-state index is 12.6. The molecule has 28 heavy (non-hydrogen) atoms. The van der Waals surface area contributed by atoms with Crippen molar-refractivity contribution >= 4 is 45.6 Å². The molecular formula is C21H18ClN3O2S. The van der Waals surface area contributed by atoms with E-state index in [2.05, 4.69) is 10.3 Å². The van der Waals surface area contributed by atoms with Crippen LogP contribution in [0.25, 0.3) is 0 Å². The van der Waals surface area contributed by atoms with Crippen LogP contribution >= 0.6 is 22.9 Å². The van der Waals surface area contributed by atoms with E-state index >= 15 is 0 Å². The summed E-state index contributed by atoms with van der Waals surface area (Å²) in [4.78, 5) is 31.6. The van der Waals surface area contributed by atoms with Gasteiger partial charge in [0.1, 0.15) is 0 Å². The third-order valence-corrected chi connectivity index (χ3v) is 5.87. The summed E-state index contributed by atoms with van der Waals surface area (Å²) in [5.74, 6) is -0.145. The van der Waals surface area contributed by atoms with Gasteiger partial charge in [-0.1, -0.05) is 35.9 Å². The zero-order valence-electron chi connectivity index (χ0n) is 15.0. The lowest BCUT2D eigenvalue weighted by molar-refractivity contribution is -0.117. The SMILES string of the molecule is O=C(Nc1ncc(Cc2ccccc2Cl)s1)c1cccc(N2CCCC2=O)c1. The lowest BCUT2D eigenvalue weighted by atomic mass is 10.1. The number of carbonyl (C=O) groups is 2. The fourth-order valence-electron chi connectivity index (χ4n) is 3.18. The highest BCUT2D eigenvalue weighted by atomic mass is 35.5. The Bertz CT molecular complexity index is 1030. The first-order chi connectivity index (χ1) is 13.6. The number of halogens is 1. The molecule has 0 aliphatic carbocycles. The van der Waals surface area contributed by atoms with Gasteiger partial charge in [-0.25, -0.2) is 4.98 Å². The van der Waals surface area contributed by atoms with Gasteiger partial charge in [0, 0.05) is 46.7 Å². The molecule has 0 radical (unpaired) electrons. The summed E-state index contributed by atoms with van der Waals surface area (Å²) in [6, 6.07) is 14.8. The first-order valence-electron chi connectivity index (χ1n) is 9.00. The molecule has 7 heteroatoms. The maximum Gasteiger partial charge on any atom is 0.257 e. The van der Waals surface area contributed by atoms with Crippen molar-refractivity contribution in [3.8, 4) is 0 Å². The Morgan fingerprint density at radius 3 is 2.86 bits per heavy atom. The summed E-state index contributed by atoms with van der Waals surface area (Å²) in [7, 11) is 0. The topological polar surface area (TPSA) is 62.3 Å². The molecule has 2 heterocycles. The normalized spacial score (nSPS) is 13.8. The van der Waals surface area contributed by atoms with Crippen LogP contribution in [-0.4, -0.2) is 23.3 Å². The minimum Gasteiger partial charge on any atom is -0.312 e. The van der Waals surface area contributed by atoms with Gasteiger partial charge in [0.05, 0.1) is 0 Å². The van der Waals surface area contributed by atoms with Crippen LogP contribution in [0, 0.1) is 0 Å². The van der Waals surface area contributed by atoms with Gasteiger partial charge in [0.15, 0.2) is 5.13 Å². The Morgan fingerprint density at radius 1 is 1.21 bits per heavy atom. The quantitative estimate of drug-likeness (QED) is 0.658. The van der Waals surface area contributed by atoms with Gasteiger partial charge < -0.3 is 4.90 Å². The Labute approximate surface area is 172 Å². The molecule has 5 nitrogen and oxygen atoms in total. The van der Waals surface area contributed by atoms with Gasteiger partial charge in [-0.15, -0.1) is 11.3 Å². The van der Waals surface area contributed by atoms with E-state index in [1.165, 1.54) is 11.3 Å². The monoisotopic (exact) mass is 411 g/mol. The number of carbonyl (C=O) groups excluding carboxylic acids is 2. The van der Waals surface area contributed by atoms with E-state index in [0.717, 1.165) is 27.6 Å². The zero-order valence-corrected chi connectivity index (χ0v) is 16.6. The third kappa shape index (κ3) is 4.08. The number of benzene rings is 2. The number of thiazole rings is 1. The summed E-state index contributed by atoms with van der Waals surface area (Å²) in [6.07, 6.45) is 3.83. The van der Waals surface area contributed by atoms with Gasteiger partial charge >= 0.3 is 0 Å². The highest BCUT2D eigenvalue weighted by Gasteiger charge is 2.22.